The topological polar surface area (TPSA) is 99.6 Å². The minimum Gasteiger partial charge on any atom is -0.368 e. The van der Waals surface area contributed by atoms with Gasteiger partial charge >= 0.3 is 0 Å². The summed E-state index contributed by atoms with van der Waals surface area (Å²) in [5.74, 6) is 0.223. The van der Waals surface area contributed by atoms with E-state index in [0.29, 0.717) is 12.2 Å². The molecule has 1 aliphatic rings. The smallest absolute Gasteiger partial charge is 0.220 e. The average Bonchev–Trinajstić information content (AvgIpc) is 3.19. The molecule has 3 heterocycles. The molecule has 8 heteroatoms. The monoisotopic (exact) mass is 382 g/mol. The molecule has 0 unspecified atom stereocenters. The maximum atomic E-state index is 13.1. The molecular formula is C19H22N6OS. The summed E-state index contributed by atoms with van der Waals surface area (Å²) in [4.78, 5) is 26.2. The minimum absolute atomic E-state index is 0.00801. The molecule has 0 aromatic carbocycles. The van der Waals surface area contributed by atoms with E-state index in [1.54, 1.807) is 6.20 Å². The van der Waals surface area contributed by atoms with Crippen LogP contribution < -0.4 is 5.73 Å². The third-order valence-corrected chi connectivity index (χ3v) is 5.88. The van der Waals surface area contributed by atoms with E-state index in [0.717, 1.165) is 39.6 Å². The van der Waals surface area contributed by atoms with Gasteiger partial charge in [0.05, 0.1) is 17.8 Å². The Labute approximate surface area is 161 Å². The number of anilines is 1. The van der Waals surface area contributed by atoms with E-state index in [-0.39, 0.29) is 23.6 Å². The van der Waals surface area contributed by atoms with Gasteiger partial charge < -0.3 is 5.73 Å². The van der Waals surface area contributed by atoms with Gasteiger partial charge in [0.1, 0.15) is 10.7 Å². The summed E-state index contributed by atoms with van der Waals surface area (Å²) < 4.78 is 1.86. The van der Waals surface area contributed by atoms with Crippen molar-refractivity contribution in [2.45, 2.75) is 52.5 Å². The summed E-state index contributed by atoms with van der Waals surface area (Å²) in [5.41, 5.74) is 10.7. The summed E-state index contributed by atoms with van der Waals surface area (Å²) in [5, 5.41) is 7.46. The van der Waals surface area contributed by atoms with E-state index in [4.69, 9.17) is 5.73 Å². The lowest BCUT2D eigenvalue weighted by Gasteiger charge is -2.31. The van der Waals surface area contributed by atoms with E-state index in [1.165, 1.54) is 11.3 Å². The molecule has 0 atom stereocenters. The number of carbonyl (C=O) groups is 1. The van der Waals surface area contributed by atoms with Gasteiger partial charge in [0, 0.05) is 29.4 Å². The highest BCUT2D eigenvalue weighted by Gasteiger charge is 2.39. The molecule has 4 rings (SSSR count). The Morgan fingerprint density at radius 1 is 1.37 bits per heavy atom. The van der Waals surface area contributed by atoms with Crippen molar-refractivity contribution >= 4 is 23.1 Å². The van der Waals surface area contributed by atoms with Crippen molar-refractivity contribution in [3.63, 3.8) is 0 Å². The van der Waals surface area contributed by atoms with E-state index in [1.807, 2.05) is 23.9 Å². The summed E-state index contributed by atoms with van der Waals surface area (Å²) in [7, 11) is 0. The molecule has 3 aromatic heterocycles. The van der Waals surface area contributed by atoms with Crippen LogP contribution in [0.1, 0.15) is 53.1 Å². The molecule has 0 spiro atoms. The third-order valence-electron chi connectivity index (χ3n) is 4.91. The molecule has 0 saturated heterocycles. The molecule has 0 radical (unpaired) electrons. The highest BCUT2D eigenvalue weighted by atomic mass is 32.1. The van der Waals surface area contributed by atoms with Crippen LogP contribution in [-0.2, 0) is 24.8 Å². The fourth-order valence-electron chi connectivity index (χ4n) is 3.79. The van der Waals surface area contributed by atoms with Crippen LogP contribution in [0.25, 0.3) is 11.4 Å². The Kier molecular flexibility index (Phi) is 4.10. The number of nitrogens with zero attached hydrogens (tertiary/aromatic N) is 5. The largest absolute Gasteiger partial charge is 0.368 e. The number of carbonyl (C=O) groups excluding carboxylic acids is 1. The van der Waals surface area contributed by atoms with Gasteiger partial charge in [-0.3, -0.25) is 9.48 Å². The summed E-state index contributed by atoms with van der Waals surface area (Å²) in [6, 6.07) is 0. The number of nitrogen functional groups attached to an aromatic ring is 1. The second kappa shape index (κ2) is 6.23. The predicted molar refractivity (Wildman–Crippen MR) is 105 cm³/mol. The summed E-state index contributed by atoms with van der Waals surface area (Å²) >= 11 is 1.51. The van der Waals surface area contributed by atoms with Crippen molar-refractivity contribution in [1.82, 2.24) is 24.7 Å². The lowest BCUT2D eigenvalue weighted by molar-refractivity contribution is 0.0985. The normalized spacial score (nSPS) is 14.7. The maximum absolute atomic E-state index is 13.1. The van der Waals surface area contributed by atoms with Crippen LogP contribution in [0.3, 0.4) is 0 Å². The minimum atomic E-state index is -0.251. The number of hydrogen-bond donors (Lipinski definition) is 1. The molecule has 0 saturated carbocycles. The van der Waals surface area contributed by atoms with Crippen LogP contribution in [0.5, 0.6) is 0 Å². The first kappa shape index (κ1) is 17.8. The van der Waals surface area contributed by atoms with Crippen molar-refractivity contribution in [2.75, 3.05) is 5.73 Å². The lowest BCUT2D eigenvalue weighted by Crippen LogP contribution is -2.28. The highest BCUT2D eigenvalue weighted by molar-refractivity contribution is 7.09. The molecule has 140 valence electrons. The Morgan fingerprint density at radius 2 is 2.15 bits per heavy atom. The zero-order chi connectivity index (χ0) is 19.3. The first-order valence-electron chi connectivity index (χ1n) is 8.97. The Morgan fingerprint density at radius 3 is 2.81 bits per heavy atom. The Hall–Kier alpha value is -2.61. The molecule has 0 amide bonds. The first-order chi connectivity index (χ1) is 12.8. The average molecular weight is 382 g/mol. The number of hydrogen-bond acceptors (Lipinski definition) is 7. The number of ketones is 1. The van der Waals surface area contributed by atoms with Gasteiger partial charge in [-0.15, -0.1) is 11.3 Å². The lowest BCUT2D eigenvalue weighted by atomic mass is 9.72. The van der Waals surface area contributed by atoms with Gasteiger partial charge in [-0.2, -0.15) is 5.10 Å². The predicted octanol–water partition coefficient (Wildman–Crippen LogP) is 2.97. The molecular weight excluding hydrogens is 360 g/mol. The standard InChI is InChI=1S/C19H22N6OS/c1-5-25-17-14(16(24-25)12(26)6-13-22-10(2)9-27-13)19(3,4)7-11-8-21-18(20)23-15(11)17/h8-9H,5-7H2,1-4H3,(H2,20,21,23). The van der Waals surface area contributed by atoms with E-state index in [2.05, 4.69) is 33.9 Å². The fourth-order valence-corrected chi connectivity index (χ4v) is 4.56. The number of aryl methyl sites for hydroxylation is 2. The van der Waals surface area contributed by atoms with Crippen molar-refractivity contribution in [1.29, 1.82) is 0 Å². The van der Waals surface area contributed by atoms with Crippen LogP contribution in [0, 0.1) is 6.92 Å². The van der Waals surface area contributed by atoms with Crippen molar-refractivity contribution in [2.24, 2.45) is 0 Å². The zero-order valence-electron chi connectivity index (χ0n) is 15.9. The second-order valence-electron chi connectivity index (χ2n) is 7.53. The fraction of sp³-hybridized carbons (Fsp3) is 0.421. The van der Waals surface area contributed by atoms with Crippen molar-refractivity contribution in [3.8, 4) is 11.4 Å². The van der Waals surface area contributed by atoms with Gasteiger partial charge in [0.2, 0.25) is 5.95 Å². The number of fused-ring (bicyclic) bond motifs is 3. The SMILES string of the molecule is CCn1nc(C(=O)Cc2nc(C)cs2)c2c1-c1nc(N)ncc1CC2(C)C. The molecule has 0 aliphatic heterocycles. The zero-order valence-corrected chi connectivity index (χ0v) is 16.7. The number of thiazole rings is 1. The van der Waals surface area contributed by atoms with Crippen LogP contribution in [0.4, 0.5) is 5.95 Å². The Balaban J connectivity index is 1.87. The molecule has 0 bridgehead atoms. The third kappa shape index (κ3) is 2.93. The van der Waals surface area contributed by atoms with Crippen molar-refractivity contribution in [3.05, 3.63) is 39.1 Å². The molecule has 1 aliphatic carbocycles. The van der Waals surface area contributed by atoms with Gasteiger partial charge in [-0.1, -0.05) is 13.8 Å². The summed E-state index contributed by atoms with van der Waals surface area (Å²) in [6.45, 7) is 8.86. The van der Waals surface area contributed by atoms with Crippen LogP contribution in [0.2, 0.25) is 0 Å². The number of Topliss-reactive ketones (excluding diaryl/α,β-unsaturated/α-hetero) is 1. The van der Waals surface area contributed by atoms with Gasteiger partial charge in [0.15, 0.2) is 5.78 Å². The first-order valence-corrected chi connectivity index (χ1v) is 9.85. The molecule has 3 aromatic rings. The highest BCUT2D eigenvalue weighted by Crippen LogP contribution is 2.44. The molecule has 2 N–H and O–H groups in total. The number of rotatable bonds is 4. The van der Waals surface area contributed by atoms with Crippen LogP contribution in [-0.4, -0.2) is 30.5 Å². The summed E-state index contributed by atoms with van der Waals surface area (Å²) in [6.07, 6.45) is 2.79. The molecule has 27 heavy (non-hydrogen) atoms. The van der Waals surface area contributed by atoms with E-state index in [9.17, 15) is 4.79 Å². The Bertz CT molecular complexity index is 1050. The van der Waals surface area contributed by atoms with Gasteiger partial charge in [0.25, 0.3) is 0 Å². The van der Waals surface area contributed by atoms with E-state index < -0.39 is 0 Å². The van der Waals surface area contributed by atoms with Crippen molar-refractivity contribution < 1.29 is 4.79 Å². The second-order valence-corrected chi connectivity index (χ2v) is 8.48. The van der Waals surface area contributed by atoms with E-state index >= 15 is 0 Å². The number of aromatic nitrogens is 5. The van der Waals surface area contributed by atoms with Crippen LogP contribution >= 0.6 is 11.3 Å². The van der Waals surface area contributed by atoms with Gasteiger partial charge in [-0.05, 0) is 31.2 Å². The molecule has 7 nitrogen and oxygen atoms in total. The van der Waals surface area contributed by atoms with Crippen LogP contribution in [0.15, 0.2) is 11.6 Å². The molecule has 0 fully saturated rings. The number of nitrogens with two attached hydrogens (primary N) is 1. The quantitative estimate of drug-likeness (QED) is 0.697. The maximum Gasteiger partial charge on any atom is 0.220 e. The van der Waals surface area contributed by atoms with Gasteiger partial charge in [-0.25, -0.2) is 15.0 Å².